The number of hydrogen-bond acceptors (Lipinski definition) is 2. The number of nitrogens with zero attached hydrogens (tertiary/aromatic N) is 2. The largest absolute Gasteiger partial charge is 0.365 e. The van der Waals surface area contributed by atoms with Crippen molar-refractivity contribution in [1.29, 1.82) is 0 Å². The summed E-state index contributed by atoms with van der Waals surface area (Å²) in [5, 5.41) is 0. The van der Waals surface area contributed by atoms with Crippen LogP contribution in [0.15, 0.2) is 51.9 Å². The number of benzene rings is 2. The Labute approximate surface area is 150 Å². The SMILES string of the molecule is CC1=CC(C)(C)N(C)c2cc(F)c(C=Nc3ccccc3Br)cc21. The number of likely N-dealkylation sites (N-methyl/N-ethyl adjacent to an activating group) is 1. The van der Waals surface area contributed by atoms with Crippen molar-refractivity contribution in [1.82, 2.24) is 0 Å². The highest BCUT2D eigenvalue weighted by atomic mass is 79.9. The number of anilines is 1. The van der Waals surface area contributed by atoms with Crippen LogP contribution in [0.2, 0.25) is 0 Å². The molecule has 0 fully saturated rings. The van der Waals surface area contributed by atoms with Crippen LogP contribution in [0.1, 0.15) is 31.9 Å². The van der Waals surface area contributed by atoms with E-state index in [0.29, 0.717) is 5.56 Å². The van der Waals surface area contributed by atoms with Crippen molar-refractivity contribution in [3.63, 3.8) is 0 Å². The van der Waals surface area contributed by atoms with Gasteiger partial charge in [-0.15, -0.1) is 0 Å². The van der Waals surface area contributed by atoms with Gasteiger partial charge in [0.1, 0.15) is 5.82 Å². The Morgan fingerprint density at radius 1 is 1.21 bits per heavy atom. The van der Waals surface area contributed by atoms with Crippen LogP contribution in [0, 0.1) is 5.82 Å². The van der Waals surface area contributed by atoms with Crippen LogP contribution >= 0.6 is 15.9 Å². The minimum absolute atomic E-state index is 0.131. The second-order valence-electron chi connectivity index (χ2n) is 6.64. The third-order valence-electron chi connectivity index (χ3n) is 4.53. The minimum Gasteiger partial charge on any atom is -0.365 e. The molecule has 0 N–H and O–H groups in total. The standard InChI is InChI=1S/C20H20BrFN2/c1-13-11-20(2,3)24(4)19-10-17(22)14(9-15(13)19)12-23-18-8-6-5-7-16(18)21/h5-12H,1-4H3. The number of hydrogen-bond donors (Lipinski definition) is 0. The molecular weight excluding hydrogens is 367 g/mol. The normalized spacial score (nSPS) is 16.2. The van der Waals surface area contributed by atoms with Gasteiger partial charge in [-0.3, -0.25) is 4.99 Å². The lowest BCUT2D eigenvalue weighted by Crippen LogP contribution is -2.42. The van der Waals surface area contributed by atoms with E-state index in [9.17, 15) is 4.39 Å². The number of para-hydroxylation sites is 1. The number of halogens is 2. The summed E-state index contributed by atoms with van der Waals surface area (Å²) in [6, 6.07) is 11.1. The van der Waals surface area contributed by atoms with Crippen molar-refractivity contribution < 1.29 is 4.39 Å². The molecule has 0 atom stereocenters. The van der Waals surface area contributed by atoms with E-state index in [2.05, 4.69) is 52.7 Å². The van der Waals surface area contributed by atoms with E-state index in [1.807, 2.05) is 37.4 Å². The van der Waals surface area contributed by atoms with E-state index in [4.69, 9.17) is 0 Å². The molecule has 124 valence electrons. The molecule has 0 aliphatic carbocycles. The molecular formula is C20H20BrFN2. The van der Waals surface area contributed by atoms with Gasteiger partial charge in [-0.05, 0) is 66.5 Å². The van der Waals surface area contributed by atoms with Crippen LogP contribution < -0.4 is 4.90 Å². The van der Waals surface area contributed by atoms with Crippen LogP contribution in [0.3, 0.4) is 0 Å². The Kier molecular flexibility index (Phi) is 4.35. The molecule has 0 aromatic heterocycles. The Morgan fingerprint density at radius 2 is 1.92 bits per heavy atom. The zero-order valence-corrected chi connectivity index (χ0v) is 15.9. The molecule has 3 rings (SSSR count). The van der Waals surface area contributed by atoms with Gasteiger partial charge in [0, 0.05) is 34.5 Å². The molecule has 2 aromatic carbocycles. The summed E-state index contributed by atoms with van der Waals surface area (Å²) < 4.78 is 15.5. The van der Waals surface area contributed by atoms with Gasteiger partial charge in [0.05, 0.1) is 11.2 Å². The topological polar surface area (TPSA) is 15.6 Å². The van der Waals surface area contributed by atoms with Gasteiger partial charge in [-0.25, -0.2) is 4.39 Å². The lowest BCUT2D eigenvalue weighted by Gasteiger charge is -2.40. The van der Waals surface area contributed by atoms with Crippen molar-refractivity contribution in [3.05, 3.63) is 63.9 Å². The summed E-state index contributed by atoms with van der Waals surface area (Å²) in [4.78, 5) is 6.52. The molecule has 0 amide bonds. The van der Waals surface area contributed by atoms with Crippen molar-refractivity contribution in [3.8, 4) is 0 Å². The van der Waals surface area contributed by atoms with E-state index in [-0.39, 0.29) is 11.4 Å². The van der Waals surface area contributed by atoms with Crippen LogP contribution in [0.25, 0.3) is 5.57 Å². The summed E-state index contributed by atoms with van der Waals surface area (Å²) >= 11 is 3.46. The van der Waals surface area contributed by atoms with Crippen LogP contribution in [0.5, 0.6) is 0 Å². The predicted molar refractivity (Wildman–Crippen MR) is 104 cm³/mol. The molecule has 1 heterocycles. The van der Waals surface area contributed by atoms with Gasteiger partial charge in [-0.2, -0.15) is 0 Å². The van der Waals surface area contributed by atoms with Gasteiger partial charge >= 0.3 is 0 Å². The van der Waals surface area contributed by atoms with Gasteiger partial charge in [0.25, 0.3) is 0 Å². The third kappa shape index (κ3) is 3.03. The molecule has 0 unspecified atom stereocenters. The number of fused-ring (bicyclic) bond motifs is 1. The number of aliphatic imine (C=N–C) groups is 1. The fraction of sp³-hybridized carbons (Fsp3) is 0.250. The van der Waals surface area contributed by atoms with E-state index in [0.717, 1.165) is 27.0 Å². The molecule has 0 radical (unpaired) electrons. The zero-order chi connectivity index (χ0) is 17.5. The summed E-state index contributed by atoms with van der Waals surface area (Å²) in [6.07, 6.45) is 3.80. The highest BCUT2D eigenvalue weighted by Gasteiger charge is 2.29. The number of allylic oxidation sites excluding steroid dienone is 1. The van der Waals surface area contributed by atoms with Gasteiger partial charge in [0.2, 0.25) is 0 Å². The summed E-state index contributed by atoms with van der Waals surface area (Å²) in [6.45, 7) is 6.32. The van der Waals surface area contributed by atoms with Gasteiger partial charge in [0.15, 0.2) is 0 Å². The average Bonchev–Trinajstić information content (AvgIpc) is 2.52. The second kappa shape index (κ2) is 6.17. The maximum absolute atomic E-state index is 14.6. The van der Waals surface area contributed by atoms with Crippen LogP contribution in [0.4, 0.5) is 15.8 Å². The lowest BCUT2D eigenvalue weighted by atomic mass is 9.88. The maximum Gasteiger partial charge on any atom is 0.134 e. The monoisotopic (exact) mass is 386 g/mol. The molecule has 24 heavy (non-hydrogen) atoms. The molecule has 2 nitrogen and oxygen atoms in total. The third-order valence-corrected chi connectivity index (χ3v) is 5.20. The Balaban J connectivity index is 2.04. The maximum atomic E-state index is 14.6. The zero-order valence-electron chi connectivity index (χ0n) is 14.3. The van der Waals surface area contributed by atoms with Gasteiger partial charge in [-0.1, -0.05) is 18.2 Å². The quantitative estimate of drug-likeness (QED) is 0.580. The van der Waals surface area contributed by atoms with Crippen molar-refractivity contribution in [2.75, 3.05) is 11.9 Å². The first-order valence-corrected chi connectivity index (χ1v) is 8.65. The molecule has 1 aliphatic rings. The Hall–Kier alpha value is -1.94. The van der Waals surface area contributed by atoms with Crippen molar-refractivity contribution in [2.45, 2.75) is 26.3 Å². The number of rotatable bonds is 2. The molecule has 0 bridgehead atoms. The smallest absolute Gasteiger partial charge is 0.134 e. The fourth-order valence-corrected chi connectivity index (χ4v) is 3.37. The van der Waals surface area contributed by atoms with Crippen molar-refractivity contribution >= 4 is 39.1 Å². The van der Waals surface area contributed by atoms with Crippen LogP contribution in [-0.2, 0) is 0 Å². The fourth-order valence-electron chi connectivity index (χ4n) is 2.98. The molecule has 0 saturated heterocycles. The first-order chi connectivity index (χ1) is 11.3. The molecule has 4 heteroatoms. The molecule has 1 aliphatic heterocycles. The summed E-state index contributed by atoms with van der Waals surface area (Å²) in [5.74, 6) is -0.262. The first kappa shape index (κ1) is 16.9. The van der Waals surface area contributed by atoms with Crippen LogP contribution in [-0.4, -0.2) is 18.8 Å². The highest BCUT2D eigenvalue weighted by Crippen LogP contribution is 2.38. The molecule has 0 saturated carbocycles. The Morgan fingerprint density at radius 3 is 2.62 bits per heavy atom. The van der Waals surface area contributed by atoms with Crippen molar-refractivity contribution in [2.24, 2.45) is 4.99 Å². The van der Waals surface area contributed by atoms with E-state index < -0.39 is 0 Å². The predicted octanol–water partition coefficient (Wildman–Crippen LogP) is 5.97. The summed E-state index contributed by atoms with van der Waals surface area (Å²) in [7, 11) is 2.00. The Bertz CT molecular complexity index is 853. The van der Waals surface area contributed by atoms with E-state index in [1.54, 1.807) is 12.3 Å². The van der Waals surface area contributed by atoms with E-state index in [1.165, 1.54) is 0 Å². The highest BCUT2D eigenvalue weighted by molar-refractivity contribution is 9.10. The lowest BCUT2D eigenvalue weighted by molar-refractivity contribution is 0.589. The molecule has 2 aromatic rings. The minimum atomic E-state index is -0.262. The van der Waals surface area contributed by atoms with E-state index >= 15 is 0 Å². The summed E-state index contributed by atoms with van der Waals surface area (Å²) in [5.41, 5.74) is 4.25. The second-order valence-corrected chi connectivity index (χ2v) is 7.49. The molecule has 0 spiro atoms. The first-order valence-electron chi connectivity index (χ1n) is 7.85. The van der Waals surface area contributed by atoms with Gasteiger partial charge < -0.3 is 4.90 Å². The average molecular weight is 387 g/mol.